The van der Waals surface area contributed by atoms with E-state index in [1.165, 1.54) is 12.5 Å². The van der Waals surface area contributed by atoms with Crippen molar-refractivity contribution in [3.8, 4) is 5.75 Å². The van der Waals surface area contributed by atoms with Gasteiger partial charge in [0.15, 0.2) is 5.82 Å². The van der Waals surface area contributed by atoms with Gasteiger partial charge >= 0.3 is 0 Å². The molecular formula is C21H15N5O2. The number of nitrogens with zero attached hydrogens (tertiary/aromatic N) is 5. The van der Waals surface area contributed by atoms with E-state index >= 15 is 0 Å². The van der Waals surface area contributed by atoms with Crippen LogP contribution >= 0.6 is 0 Å². The molecule has 3 aromatic rings. The van der Waals surface area contributed by atoms with Gasteiger partial charge < -0.3 is 4.74 Å². The first-order valence-electron chi connectivity index (χ1n) is 8.57. The number of aliphatic imine (C=N–C) groups is 2. The molecule has 0 saturated heterocycles. The van der Waals surface area contributed by atoms with Crippen LogP contribution in [0.3, 0.4) is 0 Å². The van der Waals surface area contributed by atoms with Gasteiger partial charge in [-0.1, -0.05) is 18.2 Å². The van der Waals surface area contributed by atoms with Crippen LogP contribution in [0.5, 0.6) is 5.75 Å². The Morgan fingerprint density at radius 1 is 1.04 bits per heavy atom. The number of amides is 1. The second-order valence-corrected chi connectivity index (χ2v) is 5.81. The summed E-state index contributed by atoms with van der Waals surface area (Å²) in [5, 5.41) is 2.20. The largest absolute Gasteiger partial charge is 0.490 e. The highest BCUT2D eigenvalue weighted by atomic mass is 16.5. The van der Waals surface area contributed by atoms with E-state index in [4.69, 9.17) is 4.74 Å². The van der Waals surface area contributed by atoms with Crippen LogP contribution in [0.4, 0.5) is 5.82 Å². The Morgan fingerprint density at radius 3 is 2.93 bits per heavy atom. The average Bonchev–Trinajstić information content (AvgIpc) is 2.72. The van der Waals surface area contributed by atoms with Gasteiger partial charge in [-0.3, -0.25) is 9.79 Å². The van der Waals surface area contributed by atoms with Crippen LogP contribution in [0.1, 0.15) is 0 Å². The van der Waals surface area contributed by atoms with Gasteiger partial charge in [-0.25, -0.2) is 20.0 Å². The highest BCUT2D eigenvalue weighted by Crippen LogP contribution is 2.25. The van der Waals surface area contributed by atoms with Crippen molar-refractivity contribution in [2.24, 2.45) is 15.0 Å². The Bertz CT molecular complexity index is 1250. The van der Waals surface area contributed by atoms with Crippen LogP contribution in [0.15, 0.2) is 75.9 Å². The van der Waals surface area contributed by atoms with E-state index in [2.05, 4.69) is 24.9 Å². The molecule has 2 heterocycles. The Balaban J connectivity index is 1.93. The summed E-state index contributed by atoms with van der Waals surface area (Å²) in [7, 11) is 0. The maximum absolute atomic E-state index is 11.7. The lowest BCUT2D eigenvalue weighted by Gasteiger charge is -2.05. The van der Waals surface area contributed by atoms with Crippen LogP contribution in [0.2, 0.25) is 0 Å². The van der Waals surface area contributed by atoms with Crippen LogP contribution in [-0.4, -0.2) is 34.9 Å². The van der Waals surface area contributed by atoms with E-state index in [0.29, 0.717) is 23.5 Å². The van der Waals surface area contributed by atoms with Crippen molar-refractivity contribution < 1.29 is 9.53 Å². The van der Waals surface area contributed by atoms with Crippen molar-refractivity contribution in [2.75, 3.05) is 6.61 Å². The van der Waals surface area contributed by atoms with Gasteiger partial charge in [-0.05, 0) is 36.4 Å². The fourth-order valence-corrected chi connectivity index (χ4v) is 2.61. The molecule has 1 aliphatic heterocycles. The van der Waals surface area contributed by atoms with Gasteiger partial charge in [0.2, 0.25) is 0 Å². The Labute approximate surface area is 160 Å². The highest BCUT2D eigenvalue weighted by Gasteiger charge is 2.05. The van der Waals surface area contributed by atoms with E-state index in [0.717, 1.165) is 22.3 Å². The number of carbonyl (C=O) groups excluding carboxylic acids is 1. The van der Waals surface area contributed by atoms with Crippen molar-refractivity contribution >= 4 is 41.3 Å². The van der Waals surface area contributed by atoms with Crippen molar-refractivity contribution in [2.45, 2.75) is 0 Å². The minimum absolute atomic E-state index is 0.330. The van der Waals surface area contributed by atoms with Crippen molar-refractivity contribution in [1.29, 1.82) is 0 Å². The molecule has 1 aromatic heterocycles. The van der Waals surface area contributed by atoms with Crippen molar-refractivity contribution in [3.05, 3.63) is 71.5 Å². The van der Waals surface area contributed by atoms with E-state index in [1.54, 1.807) is 18.4 Å². The van der Waals surface area contributed by atoms with E-state index < -0.39 is 5.91 Å². The lowest BCUT2D eigenvalue weighted by Crippen LogP contribution is -2.23. The third kappa shape index (κ3) is 4.04. The minimum atomic E-state index is -0.454. The Morgan fingerprint density at radius 2 is 1.96 bits per heavy atom. The first kappa shape index (κ1) is 17.4. The van der Waals surface area contributed by atoms with Crippen LogP contribution < -0.4 is 15.3 Å². The molecule has 0 spiro atoms. The quantitative estimate of drug-likeness (QED) is 0.606. The maximum Gasteiger partial charge on any atom is 0.288 e. The summed E-state index contributed by atoms with van der Waals surface area (Å²) in [5.74, 6) is 0.744. The zero-order chi connectivity index (χ0) is 19.2. The number of para-hydroxylation sites is 1. The smallest absolute Gasteiger partial charge is 0.288 e. The summed E-state index contributed by atoms with van der Waals surface area (Å²) in [6.07, 6.45) is 9.01. The number of carbonyl (C=O) groups is 1. The zero-order valence-corrected chi connectivity index (χ0v) is 14.8. The lowest BCUT2D eigenvalue weighted by molar-refractivity contribution is -0.111. The standard InChI is InChI=1S/C21H15N5O2/c27-20-13-22-12-15-5-1-2-6-18(15)26-21-17-11-16(28-10-4-3-9-23-20)7-8-19(17)24-14-25-21/h1-9,11-14H,10H2. The Hall–Kier alpha value is -4.00. The monoisotopic (exact) mass is 369 g/mol. The molecule has 1 amide bonds. The summed E-state index contributed by atoms with van der Waals surface area (Å²) >= 11 is 0. The van der Waals surface area contributed by atoms with Gasteiger partial charge in [-0.15, -0.1) is 0 Å². The van der Waals surface area contributed by atoms with E-state index in [9.17, 15) is 4.79 Å². The molecule has 2 aromatic carbocycles. The third-order valence-electron chi connectivity index (χ3n) is 3.92. The maximum atomic E-state index is 11.7. The number of hydrogen-bond acceptors (Lipinski definition) is 6. The molecule has 7 nitrogen and oxygen atoms in total. The molecule has 136 valence electrons. The van der Waals surface area contributed by atoms with Crippen LogP contribution in [0.25, 0.3) is 17.1 Å². The summed E-state index contributed by atoms with van der Waals surface area (Å²) in [4.78, 5) is 32.8. The van der Waals surface area contributed by atoms with Crippen LogP contribution in [0, 0.1) is 0 Å². The molecule has 1 aliphatic rings. The SMILES string of the molecule is O=C1C=NC=c2ccccc2=Nc2ncnc3ccc(cc23)OCC=CC=N1. The molecule has 0 radical (unpaired) electrons. The highest BCUT2D eigenvalue weighted by molar-refractivity contribution is 6.28. The first-order chi connectivity index (χ1) is 13.8. The number of fused-ring (bicyclic) bond motifs is 2. The summed E-state index contributed by atoms with van der Waals surface area (Å²) < 4.78 is 5.73. The second kappa shape index (κ2) is 8.13. The fourth-order valence-electron chi connectivity index (χ4n) is 2.61. The first-order valence-corrected chi connectivity index (χ1v) is 8.57. The number of allylic oxidation sites excluding steroid dienone is 1. The summed E-state index contributed by atoms with van der Waals surface area (Å²) in [5.41, 5.74) is 0.770. The zero-order valence-electron chi connectivity index (χ0n) is 14.8. The molecular weight excluding hydrogens is 354 g/mol. The van der Waals surface area contributed by atoms with Gasteiger partial charge in [0.05, 0.1) is 17.1 Å². The van der Waals surface area contributed by atoms with Gasteiger partial charge in [0.1, 0.15) is 18.7 Å². The molecule has 28 heavy (non-hydrogen) atoms. The molecule has 0 N–H and O–H groups in total. The minimum Gasteiger partial charge on any atom is -0.490 e. The topological polar surface area (TPSA) is 89.2 Å². The molecule has 0 fully saturated rings. The van der Waals surface area contributed by atoms with Crippen molar-refractivity contribution in [3.63, 3.8) is 0 Å². The Kier molecular flexibility index (Phi) is 5.06. The fraction of sp³-hybridized carbons (Fsp3) is 0.0476. The lowest BCUT2D eigenvalue weighted by atomic mass is 10.2. The van der Waals surface area contributed by atoms with Crippen LogP contribution in [-0.2, 0) is 4.79 Å². The summed E-state index contributed by atoms with van der Waals surface area (Å²) in [6, 6.07) is 13.0. The predicted molar refractivity (Wildman–Crippen MR) is 108 cm³/mol. The molecule has 4 rings (SSSR count). The third-order valence-corrected chi connectivity index (χ3v) is 3.92. The van der Waals surface area contributed by atoms with Gasteiger partial charge in [-0.2, -0.15) is 0 Å². The normalized spacial score (nSPS) is 14.1. The van der Waals surface area contributed by atoms with Gasteiger partial charge in [0, 0.05) is 23.0 Å². The predicted octanol–water partition coefficient (Wildman–Crippen LogP) is 1.94. The van der Waals surface area contributed by atoms with E-state index in [-0.39, 0.29) is 0 Å². The number of aromatic nitrogens is 2. The molecule has 2 bridgehead atoms. The van der Waals surface area contributed by atoms with Gasteiger partial charge in [0.25, 0.3) is 5.91 Å². The number of ether oxygens (including phenoxy) is 1. The molecule has 0 aliphatic carbocycles. The molecule has 0 atom stereocenters. The summed E-state index contributed by atoms with van der Waals surface area (Å²) in [6.45, 7) is 0.330. The number of hydrogen-bond donors (Lipinski definition) is 0. The molecule has 7 heteroatoms. The molecule has 0 saturated carbocycles. The average molecular weight is 369 g/mol. The molecule has 0 unspecified atom stereocenters. The van der Waals surface area contributed by atoms with E-state index in [1.807, 2.05) is 42.5 Å². The number of rotatable bonds is 0. The number of benzene rings is 2. The second-order valence-electron chi connectivity index (χ2n) is 5.81. The van der Waals surface area contributed by atoms with Crippen molar-refractivity contribution in [1.82, 2.24) is 9.97 Å².